The van der Waals surface area contributed by atoms with Crippen LogP contribution in [0.1, 0.15) is 58.1 Å². The number of carbonyl (C=O) groups is 1. The number of aromatic carboxylic acids is 1. The van der Waals surface area contributed by atoms with Crippen molar-refractivity contribution in [2.45, 2.75) is 43.0 Å². The number of benzene rings is 2. The van der Waals surface area contributed by atoms with E-state index in [0.717, 1.165) is 35.3 Å². The van der Waals surface area contributed by atoms with Gasteiger partial charge in [0.25, 0.3) is 0 Å². The van der Waals surface area contributed by atoms with Crippen LogP contribution >= 0.6 is 10.8 Å². The van der Waals surface area contributed by atoms with Gasteiger partial charge >= 0.3 is 5.97 Å². The highest BCUT2D eigenvalue weighted by Crippen LogP contribution is 2.56. The van der Waals surface area contributed by atoms with Gasteiger partial charge in [0.2, 0.25) is 0 Å². The summed E-state index contributed by atoms with van der Waals surface area (Å²) >= 11 is 0. The molecule has 3 N–H and O–H groups in total. The van der Waals surface area contributed by atoms with E-state index in [1.165, 1.54) is 6.20 Å². The lowest BCUT2D eigenvalue weighted by atomic mass is 10.0. The molecule has 1 aliphatic heterocycles. The third-order valence-corrected chi connectivity index (χ3v) is 9.39. The molecule has 0 radical (unpaired) electrons. The summed E-state index contributed by atoms with van der Waals surface area (Å²) in [6, 6.07) is 15.2. The minimum atomic E-state index is -3.16. The highest BCUT2D eigenvalue weighted by molar-refractivity contribution is 8.22. The average Bonchev–Trinajstić information content (AvgIpc) is 3.35. The van der Waals surface area contributed by atoms with Crippen LogP contribution in [-0.4, -0.2) is 55.8 Å². The Morgan fingerprint density at radius 3 is 2.71 bits per heavy atom. The van der Waals surface area contributed by atoms with Gasteiger partial charge in [-0.1, -0.05) is 42.5 Å². The summed E-state index contributed by atoms with van der Waals surface area (Å²) in [5.74, 6) is -0.707. The van der Waals surface area contributed by atoms with Crippen LogP contribution < -0.4 is 0 Å². The molecular weight excluding hydrogens is 504 g/mol. The molecule has 1 aliphatic carbocycles. The molecule has 2 aliphatic rings. The molecule has 198 valence electrons. The topological polar surface area (TPSA) is 130 Å². The van der Waals surface area contributed by atoms with Gasteiger partial charge in [0, 0.05) is 38.2 Å². The number of rotatable bonds is 6. The molecule has 2 unspecified atom stereocenters. The Bertz CT molecular complexity index is 1510. The third kappa shape index (κ3) is 4.41. The number of carboxylic acids is 1. The van der Waals surface area contributed by atoms with E-state index in [2.05, 4.69) is 22.3 Å². The number of aromatic nitrogens is 5. The van der Waals surface area contributed by atoms with Gasteiger partial charge in [-0.05, 0) is 48.1 Å². The summed E-state index contributed by atoms with van der Waals surface area (Å²) < 4.78 is 27.8. The minimum absolute atomic E-state index is 0.0288. The maximum Gasteiger partial charge on any atom is 0.339 e. The molecule has 1 saturated carbocycles. The summed E-state index contributed by atoms with van der Waals surface area (Å²) in [5.41, 5.74) is 4.26. The lowest BCUT2D eigenvalue weighted by Gasteiger charge is -2.43. The zero-order valence-electron chi connectivity index (χ0n) is 21.2. The molecular formula is C27H30N6O4S. The van der Waals surface area contributed by atoms with Crippen molar-refractivity contribution in [2.24, 2.45) is 13.0 Å². The average molecular weight is 535 g/mol. The Hall–Kier alpha value is -3.51. The van der Waals surface area contributed by atoms with Crippen LogP contribution in [0.2, 0.25) is 0 Å². The quantitative estimate of drug-likeness (QED) is 0.325. The molecule has 0 amide bonds. The zero-order valence-corrected chi connectivity index (χ0v) is 22.0. The van der Waals surface area contributed by atoms with Crippen molar-refractivity contribution in [1.82, 2.24) is 29.1 Å². The molecule has 11 heteroatoms. The Kier molecular flexibility index (Phi) is 6.10. The monoisotopic (exact) mass is 534 g/mol. The number of hydrogen-bond donors (Lipinski definition) is 3. The van der Waals surface area contributed by atoms with Crippen LogP contribution in [0.3, 0.4) is 0 Å². The molecule has 3 heterocycles. The first-order chi connectivity index (χ1) is 18.2. The molecule has 10 nitrogen and oxygen atoms in total. The van der Waals surface area contributed by atoms with Crippen LogP contribution in [0.25, 0.3) is 5.69 Å². The number of aryl methyl sites for hydroxylation is 1. The van der Waals surface area contributed by atoms with E-state index >= 15 is 0 Å². The van der Waals surface area contributed by atoms with E-state index < -0.39 is 16.7 Å². The highest BCUT2D eigenvalue weighted by atomic mass is 32.3. The van der Waals surface area contributed by atoms with Crippen molar-refractivity contribution in [3.8, 4) is 5.69 Å². The van der Waals surface area contributed by atoms with Gasteiger partial charge in [-0.25, -0.2) is 9.48 Å². The fourth-order valence-electron chi connectivity index (χ4n) is 5.56. The van der Waals surface area contributed by atoms with Gasteiger partial charge < -0.3 is 5.11 Å². The minimum Gasteiger partial charge on any atom is -0.478 e. The molecule has 0 bridgehead atoms. The molecule has 38 heavy (non-hydrogen) atoms. The van der Waals surface area contributed by atoms with E-state index in [1.54, 1.807) is 19.7 Å². The number of carboxylic acid groups (broad SMARTS) is 1. The molecule has 1 fully saturated rings. The van der Waals surface area contributed by atoms with Gasteiger partial charge in [0.15, 0.2) is 0 Å². The number of nitrogens with zero attached hydrogens (tertiary/aromatic N) is 6. The van der Waals surface area contributed by atoms with Crippen molar-refractivity contribution < 1.29 is 19.0 Å². The molecule has 2 aromatic heterocycles. The van der Waals surface area contributed by atoms with E-state index in [9.17, 15) is 19.0 Å². The lowest BCUT2D eigenvalue weighted by molar-refractivity contribution is 0.0695. The van der Waals surface area contributed by atoms with Crippen LogP contribution in [-0.2, 0) is 20.0 Å². The first-order valence-electron chi connectivity index (χ1n) is 12.6. The van der Waals surface area contributed by atoms with Gasteiger partial charge in [-0.3, -0.25) is 13.8 Å². The van der Waals surface area contributed by atoms with Crippen LogP contribution in [0.4, 0.5) is 0 Å². The molecule has 4 aromatic rings. The second kappa shape index (κ2) is 9.35. The van der Waals surface area contributed by atoms with Gasteiger partial charge in [-0.15, -0.1) is 15.9 Å². The first kappa shape index (κ1) is 24.8. The Labute approximate surface area is 222 Å². The van der Waals surface area contributed by atoms with E-state index in [1.807, 2.05) is 55.7 Å². The van der Waals surface area contributed by atoms with E-state index in [-0.39, 0.29) is 23.3 Å². The predicted molar refractivity (Wildman–Crippen MR) is 142 cm³/mol. The van der Waals surface area contributed by atoms with Crippen molar-refractivity contribution in [2.75, 3.05) is 6.54 Å². The van der Waals surface area contributed by atoms with Gasteiger partial charge in [-0.2, -0.15) is 9.40 Å². The second-order valence-electron chi connectivity index (χ2n) is 10.4. The predicted octanol–water partition coefficient (Wildman–Crippen LogP) is 4.69. The van der Waals surface area contributed by atoms with Crippen molar-refractivity contribution in [3.05, 3.63) is 89.0 Å². The largest absolute Gasteiger partial charge is 0.478 e. The van der Waals surface area contributed by atoms with Crippen LogP contribution in [0.15, 0.2) is 65.8 Å². The maximum absolute atomic E-state index is 12.1. The van der Waals surface area contributed by atoms with E-state index in [4.69, 9.17) is 0 Å². The standard InChI is InChI=1S/C27H30N6O4S/c1-17-10-19-7-3-4-9-25(19)38(36,37)32(14-17)15-18-6-5-8-20(11-18)33-26(23(13-28-33)27(34)35)22-12-21(22)24-16-31(2)30-29-24/h3-9,11,13,16-17,21-22,36-37H,10,12,14-15H2,1-2H3,(H,34,35)/t17-,21?,22?/m0/s1. The highest BCUT2D eigenvalue weighted by Gasteiger charge is 2.46. The fourth-order valence-corrected chi connectivity index (χ4v) is 7.39. The Morgan fingerprint density at radius 2 is 1.95 bits per heavy atom. The molecule has 6 rings (SSSR count). The van der Waals surface area contributed by atoms with Gasteiger partial charge in [0.05, 0.1) is 28.2 Å². The van der Waals surface area contributed by atoms with E-state index in [0.29, 0.717) is 23.7 Å². The zero-order chi connectivity index (χ0) is 26.6. The van der Waals surface area contributed by atoms with Crippen LogP contribution in [0, 0.1) is 5.92 Å². The summed E-state index contributed by atoms with van der Waals surface area (Å²) in [6.07, 6.45) is 4.83. The summed E-state index contributed by atoms with van der Waals surface area (Å²) in [7, 11) is -1.35. The lowest BCUT2D eigenvalue weighted by Crippen LogP contribution is -2.30. The SMILES string of the molecule is C[C@H]1Cc2ccccc2S(O)(O)N(Cc2cccc(-n3ncc(C(=O)O)c3C3CC3c3cn(C)nn3)c2)C1. The third-order valence-electron chi connectivity index (χ3n) is 7.40. The smallest absolute Gasteiger partial charge is 0.339 e. The van der Waals surface area contributed by atoms with Gasteiger partial charge in [0.1, 0.15) is 5.56 Å². The molecule has 0 saturated heterocycles. The van der Waals surface area contributed by atoms with Crippen molar-refractivity contribution in [1.29, 1.82) is 0 Å². The second-order valence-corrected chi connectivity index (χ2v) is 12.3. The maximum atomic E-state index is 12.1. The number of fused-ring (bicyclic) bond motifs is 1. The van der Waals surface area contributed by atoms with Crippen molar-refractivity contribution in [3.63, 3.8) is 0 Å². The Balaban J connectivity index is 1.32. The Morgan fingerprint density at radius 1 is 1.13 bits per heavy atom. The van der Waals surface area contributed by atoms with Crippen molar-refractivity contribution >= 4 is 16.7 Å². The molecule has 0 spiro atoms. The van der Waals surface area contributed by atoms with Crippen LogP contribution in [0.5, 0.6) is 0 Å². The number of hydrogen-bond acceptors (Lipinski definition) is 7. The summed E-state index contributed by atoms with van der Waals surface area (Å²) in [6.45, 7) is 3.00. The first-order valence-corrected chi connectivity index (χ1v) is 14.1. The molecule has 3 atom stereocenters. The fraction of sp³-hybridized carbons (Fsp3) is 0.333. The summed E-state index contributed by atoms with van der Waals surface area (Å²) in [4.78, 5) is 12.7. The summed E-state index contributed by atoms with van der Waals surface area (Å²) in [5, 5.41) is 22.6. The molecule has 2 aromatic carbocycles. The normalized spacial score (nSPS) is 23.4.